The molecule has 3 rings (SSSR count). The lowest BCUT2D eigenvalue weighted by Gasteiger charge is -2.15. The monoisotopic (exact) mass is 274 g/mol. The Morgan fingerprint density at radius 2 is 2.15 bits per heavy atom. The Kier molecular flexibility index (Phi) is 3.82. The van der Waals surface area contributed by atoms with E-state index in [2.05, 4.69) is 43.5 Å². The fraction of sp³-hybridized carbons (Fsp3) is 0.643. The highest BCUT2D eigenvalue weighted by Crippen LogP contribution is 2.15. The first kappa shape index (κ1) is 13.3. The molecule has 1 N–H and O–H groups in total. The van der Waals surface area contributed by atoms with Crippen molar-refractivity contribution >= 4 is 0 Å². The molecule has 6 heteroatoms. The number of rotatable bonds is 5. The fourth-order valence-electron chi connectivity index (χ4n) is 2.58. The van der Waals surface area contributed by atoms with Crippen LogP contribution in [0.3, 0.4) is 0 Å². The van der Waals surface area contributed by atoms with Crippen LogP contribution in [0.4, 0.5) is 0 Å². The van der Waals surface area contributed by atoms with Crippen molar-refractivity contribution < 1.29 is 0 Å². The van der Waals surface area contributed by atoms with E-state index >= 15 is 0 Å². The van der Waals surface area contributed by atoms with Gasteiger partial charge in [-0.3, -0.25) is 0 Å². The van der Waals surface area contributed by atoms with E-state index in [-0.39, 0.29) is 0 Å². The number of hydrogen-bond acceptors (Lipinski definition) is 4. The smallest absolute Gasteiger partial charge is 0.153 e. The molecule has 2 aromatic rings. The largest absolute Gasteiger partial charge is 0.326 e. The van der Waals surface area contributed by atoms with Gasteiger partial charge in [0.1, 0.15) is 11.6 Å². The first-order valence-electron chi connectivity index (χ1n) is 7.38. The maximum absolute atomic E-state index is 4.42. The number of nitrogens with one attached hydrogen (secondary N) is 1. The van der Waals surface area contributed by atoms with Gasteiger partial charge in [-0.05, 0) is 12.8 Å². The third-order valence-electron chi connectivity index (χ3n) is 3.72. The minimum absolute atomic E-state index is 0.459. The minimum atomic E-state index is 0.459. The Morgan fingerprint density at radius 1 is 1.25 bits per heavy atom. The molecule has 108 valence electrons. The van der Waals surface area contributed by atoms with Crippen LogP contribution in [0.15, 0.2) is 12.4 Å². The molecule has 2 aromatic heterocycles. The number of fused-ring (bicyclic) bond motifs is 1. The summed E-state index contributed by atoms with van der Waals surface area (Å²) in [5.74, 6) is 3.23. The highest BCUT2D eigenvalue weighted by Gasteiger charge is 2.16. The summed E-state index contributed by atoms with van der Waals surface area (Å²) in [6.45, 7) is 6.87. The van der Waals surface area contributed by atoms with Gasteiger partial charge in [-0.25, -0.2) is 4.98 Å². The van der Waals surface area contributed by atoms with Gasteiger partial charge in [0, 0.05) is 31.4 Å². The van der Waals surface area contributed by atoms with Crippen LogP contribution < -0.4 is 5.32 Å². The van der Waals surface area contributed by atoms with Gasteiger partial charge >= 0.3 is 0 Å². The van der Waals surface area contributed by atoms with Crippen LogP contribution in [0.25, 0.3) is 0 Å². The number of imidazole rings is 1. The van der Waals surface area contributed by atoms with Crippen molar-refractivity contribution in [3.8, 4) is 0 Å². The number of aromatic nitrogens is 5. The summed E-state index contributed by atoms with van der Waals surface area (Å²) < 4.78 is 4.42. The van der Waals surface area contributed by atoms with Crippen LogP contribution in [-0.2, 0) is 26.1 Å². The van der Waals surface area contributed by atoms with E-state index in [1.165, 1.54) is 12.8 Å². The van der Waals surface area contributed by atoms with Gasteiger partial charge in [0.2, 0.25) is 0 Å². The number of aryl methyl sites for hydroxylation is 1. The summed E-state index contributed by atoms with van der Waals surface area (Å²) in [4.78, 5) is 4.42. The molecule has 0 aromatic carbocycles. The van der Waals surface area contributed by atoms with Gasteiger partial charge in [0.15, 0.2) is 5.82 Å². The Hall–Kier alpha value is -1.69. The van der Waals surface area contributed by atoms with Gasteiger partial charge in [-0.15, -0.1) is 10.2 Å². The van der Waals surface area contributed by atoms with Crippen LogP contribution in [-0.4, -0.2) is 30.4 Å². The first-order valence-corrected chi connectivity index (χ1v) is 7.38. The van der Waals surface area contributed by atoms with Gasteiger partial charge in [0.05, 0.1) is 13.1 Å². The highest BCUT2D eigenvalue weighted by atomic mass is 15.3. The SMILES string of the molecule is CC(C)NCc1nccn1Cc1nnc2n1CCCC2. The molecule has 0 fully saturated rings. The van der Waals surface area contributed by atoms with Crippen molar-refractivity contribution in [2.45, 2.75) is 58.8 Å². The molecule has 0 amide bonds. The van der Waals surface area contributed by atoms with Crippen molar-refractivity contribution in [2.24, 2.45) is 0 Å². The minimum Gasteiger partial charge on any atom is -0.326 e. The molecule has 0 aliphatic carbocycles. The summed E-state index contributed by atoms with van der Waals surface area (Å²) in [6.07, 6.45) is 7.38. The van der Waals surface area contributed by atoms with E-state index in [0.717, 1.165) is 43.5 Å². The van der Waals surface area contributed by atoms with Gasteiger partial charge in [0.25, 0.3) is 0 Å². The lowest BCUT2D eigenvalue weighted by atomic mass is 10.2. The molecule has 6 nitrogen and oxygen atoms in total. The molecule has 1 aliphatic heterocycles. The summed E-state index contributed by atoms with van der Waals surface area (Å²) in [7, 11) is 0. The second-order valence-corrected chi connectivity index (χ2v) is 5.65. The zero-order valence-corrected chi connectivity index (χ0v) is 12.2. The molecule has 0 atom stereocenters. The number of nitrogens with zero attached hydrogens (tertiary/aromatic N) is 5. The molecule has 0 spiro atoms. The van der Waals surface area contributed by atoms with Gasteiger partial charge < -0.3 is 14.5 Å². The molecule has 0 bridgehead atoms. The predicted molar refractivity (Wildman–Crippen MR) is 76.3 cm³/mol. The van der Waals surface area contributed by atoms with E-state index < -0.39 is 0 Å². The maximum atomic E-state index is 4.42. The molecule has 20 heavy (non-hydrogen) atoms. The van der Waals surface area contributed by atoms with Crippen molar-refractivity contribution in [1.29, 1.82) is 0 Å². The average Bonchev–Trinajstić information content (AvgIpc) is 3.05. The molecule has 0 saturated carbocycles. The lowest BCUT2D eigenvalue weighted by molar-refractivity contribution is 0.495. The van der Waals surface area contributed by atoms with Crippen molar-refractivity contribution in [3.63, 3.8) is 0 Å². The highest BCUT2D eigenvalue weighted by molar-refractivity contribution is 5.02. The standard InChI is InChI=1S/C14H22N6/c1-11(2)16-9-13-15-6-8-19(13)10-14-18-17-12-5-3-4-7-20(12)14/h6,8,11,16H,3-5,7,9-10H2,1-2H3. The second kappa shape index (κ2) is 5.75. The van der Waals surface area contributed by atoms with Crippen LogP contribution in [0.2, 0.25) is 0 Å². The van der Waals surface area contributed by atoms with Crippen molar-refractivity contribution in [2.75, 3.05) is 0 Å². The quantitative estimate of drug-likeness (QED) is 0.894. The normalized spacial score (nSPS) is 14.8. The average molecular weight is 274 g/mol. The van der Waals surface area contributed by atoms with Crippen molar-refractivity contribution in [1.82, 2.24) is 29.6 Å². The summed E-state index contributed by atoms with van der Waals surface area (Å²) >= 11 is 0. The Bertz CT molecular complexity index is 568. The van der Waals surface area contributed by atoms with Crippen LogP contribution in [0.5, 0.6) is 0 Å². The third-order valence-corrected chi connectivity index (χ3v) is 3.72. The number of hydrogen-bond donors (Lipinski definition) is 1. The van der Waals surface area contributed by atoms with Crippen LogP contribution >= 0.6 is 0 Å². The Labute approximate surface area is 119 Å². The molecule has 0 unspecified atom stereocenters. The van der Waals surface area contributed by atoms with E-state index in [4.69, 9.17) is 0 Å². The zero-order valence-electron chi connectivity index (χ0n) is 12.2. The first-order chi connectivity index (χ1) is 9.74. The van der Waals surface area contributed by atoms with Crippen LogP contribution in [0.1, 0.15) is 44.2 Å². The van der Waals surface area contributed by atoms with E-state index in [1.807, 2.05) is 12.4 Å². The van der Waals surface area contributed by atoms with Gasteiger partial charge in [-0.2, -0.15) is 0 Å². The van der Waals surface area contributed by atoms with E-state index in [0.29, 0.717) is 6.04 Å². The predicted octanol–water partition coefficient (Wildman–Crippen LogP) is 1.36. The summed E-state index contributed by atoms with van der Waals surface area (Å²) in [5, 5.41) is 12.1. The molecular weight excluding hydrogens is 252 g/mol. The van der Waals surface area contributed by atoms with E-state index in [9.17, 15) is 0 Å². The summed E-state index contributed by atoms with van der Waals surface area (Å²) in [5.41, 5.74) is 0. The zero-order chi connectivity index (χ0) is 13.9. The summed E-state index contributed by atoms with van der Waals surface area (Å²) in [6, 6.07) is 0.459. The third kappa shape index (κ3) is 2.75. The fourth-order valence-corrected chi connectivity index (χ4v) is 2.58. The van der Waals surface area contributed by atoms with E-state index in [1.54, 1.807) is 0 Å². The molecule has 0 saturated heterocycles. The van der Waals surface area contributed by atoms with Crippen LogP contribution in [0, 0.1) is 0 Å². The molecule has 3 heterocycles. The topological polar surface area (TPSA) is 60.6 Å². The van der Waals surface area contributed by atoms with Crippen molar-refractivity contribution in [3.05, 3.63) is 29.9 Å². The Balaban J connectivity index is 1.75. The lowest BCUT2D eigenvalue weighted by Crippen LogP contribution is -2.24. The Morgan fingerprint density at radius 3 is 3.00 bits per heavy atom. The second-order valence-electron chi connectivity index (χ2n) is 5.65. The maximum Gasteiger partial charge on any atom is 0.153 e. The van der Waals surface area contributed by atoms with Gasteiger partial charge in [-0.1, -0.05) is 13.8 Å². The molecule has 0 radical (unpaired) electrons. The molecular formula is C14H22N6. The molecule has 1 aliphatic rings.